The summed E-state index contributed by atoms with van der Waals surface area (Å²) in [5.74, 6) is 0. The third-order valence-corrected chi connectivity index (χ3v) is 1.61. The fourth-order valence-electron chi connectivity index (χ4n) is 0.912. The molecule has 1 aliphatic rings. The van der Waals surface area contributed by atoms with E-state index in [9.17, 15) is 0 Å². The highest BCUT2D eigenvalue weighted by molar-refractivity contribution is 4.74. The quantitative estimate of drug-likeness (QED) is 0.468. The Labute approximate surface area is 54.3 Å². The Morgan fingerprint density at radius 1 is 1.44 bits per heavy atom. The van der Waals surface area contributed by atoms with Gasteiger partial charge in [0.15, 0.2) is 0 Å². The van der Waals surface area contributed by atoms with E-state index >= 15 is 0 Å². The summed E-state index contributed by atoms with van der Waals surface area (Å²) in [6.07, 6.45) is -0.639. The van der Waals surface area contributed by atoms with Crippen LogP contribution in [0.1, 0.15) is 13.3 Å². The largest absolute Gasteiger partial charge is 0.391 e. The van der Waals surface area contributed by atoms with Gasteiger partial charge in [-0.1, -0.05) is 0 Å². The van der Waals surface area contributed by atoms with Crippen LogP contribution < -0.4 is 0 Å². The Hall–Kier alpha value is -0.120. The number of ether oxygens (including phenoxy) is 1. The van der Waals surface area contributed by atoms with Crippen molar-refractivity contribution in [1.29, 1.82) is 0 Å². The zero-order chi connectivity index (χ0) is 6.85. The number of hydrogen-bond donors (Lipinski definition) is 2. The van der Waals surface area contributed by atoms with E-state index in [0.717, 1.165) is 0 Å². The van der Waals surface area contributed by atoms with Crippen LogP contribution >= 0.6 is 0 Å². The highest BCUT2D eigenvalue weighted by atomic mass is 16.5. The lowest BCUT2D eigenvalue weighted by atomic mass is 10.1. The number of rotatable bonds is 0. The molecule has 3 unspecified atom stereocenters. The first kappa shape index (κ1) is 6.99. The topological polar surface area (TPSA) is 49.7 Å². The van der Waals surface area contributed by atoms with Crippen LogP contribution in [-0.2, 0) is 4.74 Å². The molecule has 0 aromatic heterocycles. The van der Waals surface area contributed by atoms with Gasteiger partial charge in [0.05, 0.1) is 24.9 Å². The molecule has 3 atom stereocenters. The average molecular weight is 132 g/mol. The van der Waals surface area contributed by atoms with Crippen molar-refractivity contribution in [3.05, 3.63) is 0 Å². The zero-order valence-corrected chi connectivity index (χ0v) is 5.45. The van der Waals surface area contributed by atoms with E-state index in [1.807, 2.05) is 0 Å². The molecule has 1 aliphatic heterocycles. The summed E-state index contributed by atoms with van der Waals surface area (Å²) < 4.78 is 5.00. The van der Waals surface area contributed by atoms with Gasteiger partial charge in [0.2, 0.25) is 0 Å². The fraction of sp³-hybridized carbons (Fsp3) is 1.00. The number of hydrogen-bond acceptors (Lipinski definition) is 3. The summed E-state index contributed by atoms with van der Waals surface area (Å²) in [4.78, 5) is 0. The van der Waals surface area contributed by atoms with Crippen molar-refractivity contribution in [3.8, 4) is 0 Å². The molecule has 0 aliphatic carbocycles. The molecule has 9 heavy (non-hydrogen) atoms. The smallest absolute Gasteiger partial charge is 0.0824 e. The van der Waals surface area contributed by atoms with Crippen molar-refractivity contribution >= 4 is 0 Å². The first-order valence-corrected chi connectivity index (χ1v) is 3.18. The van der Waals surface area contributed by atoms with Gasteiger partial charge in [-0.2, -0.15) is 0 Å². The molecule has 3 heteroatoms. The highest BCUT2D eigenvalue weighted by Crippen LogP contribution is 2.12. The molecule has 1 rings (SSSR count). The van der Waals surface area contributed by atoms with E-state index in [1.165, 1.54) is 0 Å². The van der Waals surface area contributed by atoms with Gasteiger partial charge in [0.25, 0.3) is 0 Å². The van der Waals surface area contributed by atoms with Gasteiger partial charge in [-0.3, -0.25) is 0 Å². The summed E-state index contributed by atoms with van der Waals surface area (Å²) in [5.41, 5.74) is 0. The molecule has 0 radical (unpaired) electrons. The lowest BCUT2D eigenvalue weighted by Crippen LogP contribution is -2.39. The first-order chi connectivity index (χ1) is 4.20. The zero-order valence-electron chi connectivity index (χ0n) is 5.45. The van der Waals surface area contributed by atoms with Crippen LogP contribution in [0.15, 0.2) is 0 Å². The summed E-state index contributed by atoms with van der Waals surface area (Å²) in [6, 6.07) is 0. The molecule has 54 valence electrons. The standard InChI is InChI=1S/C6H12O3/c1-4-6(8)2-5(7)3-9-4/h4-8H,2-3H2,1H3. The van der Waals surface area contributed by atoms with Crippen molar-refractivity contribution in [2.24, 2.45) is 0 Å². The Kier molecular flexibility index (Phi) is 2.05. The molecular formula is C6H12O3. The van der Waals surface area contributed by atoms with Gasteiger partial charge in [-0.05, 0) is 6.92 Å². The van der Waals surface area contributed by atoms with Gasteiger partial charge in [-0.15, -0.1) is 0 Å². The monoisotopic (exact) mass is 132 g/mol. The van der Waals surface area contributed by atoms with E-state index in [0.29, 0.717) is 13.0 Å². The molecule has 3 nitrogen and oxygen atoms in total. The molecule has 1 saturated heterocycles. The number of aliphatic hydroxyl groups is 2. The molecule has 0 aromatic rings. The van der Waals surface area contributed by atoms with E-state index < -0.39 is 12.2 Å². The lowest BCUT2D eigenvalue weighted by Gasteiger charge is -2.28. The van der Waals surface area contributed by atoms with Crippen LogP contribution in [0.4, 0.5) is 0 Å². The summed E-state index contributed by atoms with van der Waals surface area (Å²) in [5, 5.41) is 18.0. The predicted molar refractivity (Wildman–Crippen MR) is 32.0 cm³/mol. The molecule has 1 fully saturated rings. The van der Waals surface area contributed by atoms with Crippen LogP contribution in [0, 0.1) is 0 Å². The van der Waals surface area contributed by atoms with Crippen LogP contribution in [-0.4, -0.2) is 35.1 Å². The molecule has 0 bridgehead atoms. The molecule has 0 saturated carbocycles. The predicted octanol–water partition coefficient (Wildman–Crippen LogP) is -0.483. The molecular weight excluding hydrogens is 120 g/mol. The van der Waals surface area contributed by atoms with Crippen molar-refractivity contribution in [2.45, 2.75) is 31.7 Å². The van der Waals surface area contributed by atoms with Crippen LogP contribution in [0.25, 0.3) is 0 Å². The van der Waals surface area contributed by atoms with Crippen molar-refractivity contribution in [1.82, 2.24) is 0 Å². The molecule has 0 spiro atoms. The van der Waals surface area contributed by atoms with Gasteiger partial charge in [-0.25, -0.2) is 0 Å². The van der Waals surface area contributed by atoms with E-state index in [4.69, 9.17) is 14.9 Å². The van der Waals surface area contributed by atoms with Gasteiger partial charge >= 0.3 is 0 Å². The minimum atomic E-state index is -0.492. The Balaban J connectivity index is 2.35. The maximum absolute atomic E-state index is 9.06. The molecule has 0 aromatic carbocycles. The van der Waals surface area contributed by atoms with E-state index in [-0.39, 0.29) is 6.10 Å². The molecule has 1 heterocycles. The number of aliphatic hydroxyl groups excluding tert-OH is 2. The lowest BCUT2D eigenvalue weighted by molar-refractivity contribution is -0.115. The van der Waals surface area contributed by atoms with Crippen LogP contribution in [0.5, 0.6) is 0 Å². The summed E-state index contributed by atoms with van der Waals surface area (Å²) >= 11 is 0. The highest BCUT2D eigenvalue weighted by Gasteiger charge is 2.24. The first-order valence-electron chi connectivity index (χ1n) is 3.18. The van der Waals surface area contributed by atoms with Crippen LogP contribution in [0.2, 0.25) is 0 Å². The van der Waals surface area contributed by atoms with Gasteiger partial charge in [0.1, 0.15) is 0 Å². The Bertz CT molecular complexity index is 94.3. The molecule has 0 amide bonds. The Morgan fingerprint density at radius 3 is 2.56 bits per heavy atom. The molecule has 2 N–H and O–H groups in total. The second-order valence-electron chi connectivity index (χ2n) is 2.50. The minimum Gasteiger partial charge on any atom is -0.391 e. The van der Waals surface area contributed by atoms with Crippen molar-refractivity contribution < 1.29 is 14.9 Å². The second kappa shape index (κ2) is 2.64. The SMILES string of the molecule is CC1OCC(O)CC1O. The minimum absolute atomic E-state index is 0.117. The van der Waals surface area contributed by atoms with Crippen molar-refractivity contribution in [3.63, 3.8) is 0 Å². The maximum atomic E-state index is 9.06. The third kappa shape index (κ3) is 1.64. The maximum Gasteiger partial charge on any atom is 0.0824 e. The Morgan fingerprint density at radius 2 is 2.11 bits per heavy atom. The second-order valence-corrected chi connectivity index (χ2v) is 2.50. The summed E-state index contributed by atoms with van der Waals surface area (Å²) in [7, 11) is 0. The average Bonchev–Trinajstić information content (AvgIpc) is 1.80. The van der Waals surface area contributed by atoms with Crippen LogP contribution in [0.3, 0.4) is 0 Å². The van der Waals surface area contributed by atoms with Gasteiger partial charge in [0, 0.05) is 6.42 Å². The van der Waals surface area contributed by atoms with Crippen molar-refractivity contribution in [2.75, 3.05) is 6.61 Å². The third-order valence-electron chi connectivity index (χ3n) is 1.61. The fourth-order valence-corrected chi connectivity index (χ4v) is 0.912. The summed E-state index contributed by atoms with van der Waals surface area (Å²) in [6.45, 7) is 2.16. The normalized spacial score (nSPS) is 45.0. The van der Waals surface area contributed by atoms with Gasteiger partial charge < -0.3 is 14.9 Å². The van der Waals surface area contributed by atoms with E-state index in [1.54, 1.807) is 6.92 Å². The van der Waals surface area contributed by atoms with E-state index in [2.05, 4.69) is 0 Å².